The van der Waals surface area contributed by atoms with E-state index in [1.165, 1.54) is 0 Å². The molecule has 1 aromatic carbocycles. The van der Waals surface area contributed by atoms with Crippen LogP contribution in [0.25, 0.3) is 0 Å². The Morgan fingerprint density at radius 3 is 2.71 bits per heavy atom. The van der Waals surface area contributed by atoms with Crippen molar-refractivity contribution >= 4 is 6.03 Å². The van der Waals surface area contributed by atoms with Gasteiger partial charge in [-0.05, 0) is 44.5 Å². The van der Waals surface area contributed by atoms with E-state index in [9.17, 15) is 4.79 Å². The molecule has 0 saturated carbocycles. The molecular formula is C18H22N2O4. The van der Waals surface area contributed by atoms with E-state index in [-0.39, 0.29) is 18.9 Å². The molecule has 0 fully saturated rings. The van der Waals surface area contributed by atoms with Crippen LogP contribution in [0.3, 0.4) is 0 Å². The van der Waals surface area contributed by atoms with Gasteiger partial charge in [0.15, 0.2) is 11.5 Å². The number of nitrogens with one attached hydrogen (secondary N) is 1. The number of hydrogen-bond donors (Lipinski definition) is 1. The number of amides is 2. The number of benzene rings is 1. The van der Waals surface area contributed by atoms with E-state index < -0.39 is 0 Å². The Balaban J connectivity index is 1.61. The summed E-state index contributed by atoms with van der Waals surface area (Å²) in [5.41, 5.74) is 1.98. The van der Waals surface area contributed by atoms with Crippen molar-refractivity contribution in [2.45, 2.75) is 33.4 Å². The highest BCUT2D eigenvalue weighted by Crippen LogP contribution is 2.32. The maximum Gasteiger partial charge on any atom is 0.317 e. The van der Waals surface area contributed by atoms with E-state index in [4.69, 9.17) is 13.9 Å². The van der Waals surface area contributed by atoms with Crippen LogP contribution in [0.1, 0.15) is 35.6 Å². The third-order valence-corrected chi connectivity index (χ3v) is 4.09. The summed E-state index contributed by atoms with van der Waals surface area (Å²) in [6.45, 7) is 6.48. The summed E-state index contributed by atoms with van der Waals surface area (Å²) in [4.78, 5) is 14.0. The molecule has 0 radical (unpaired) electrons. The molecule has 0 spiro atoms. The van der Waals surface area contributed by atoms with Gasteiger partial charge in [0.05, 0.1) is 6.04 Å². The molecule has 1 unspecified atom stereocenters. The standard InChI is InChI=1S/C18H22N2O4/c1-11-7-15(13(3)24-11)12(2)19-18(21)20(4)9-14-5-6-16-17(8-14)23-10-22-16/h5-8,12H,9-10H2,1-4H3,(H,19,21). The summed E-state index contributed by atoms with van der Waals surface area (Å²) in [6.07, 6.45) is 0. The normalized spacial score (nSPS) is 13.7. The summed E-state index contributed by atoms with van der Waals surface area (Å²) < 4.78 is 16.2. The first kappa shape index (κ1) is 16.2. The van der Waals surface area contributed by atoms with Crippen LogP contribution >= 0.6 is 0 Å². The van der Waals surface area contributed by atoms with Crippen LogP contribution in [-0.2, 0) is 6.54 Å². The molecule has 2 amide bonds. The maximum atomic E-state index is 12.4. The second-order valence-corrected chi connectivity index (χ2v) is 6.08. The Morgan fingerprint density at radius 1 is 1.25 bits per heavy atom. The molecule has 128 valence electrons. The third-order valence-electron chi connectivity index (χ3n) is 4.09. The molecule has 0 aliphatic carbocycles. The zero-order valence-electron chi connectivity index (χ0n) is 14.4. The molecule has 1 atom stereocenters. The lowest BCUT2D eigenvalue weighted by atomic mass is 10.1. The predicted octanol–water partition coefficient (Wildman–Crippen LogP) is 3.53. The molecule has 1 aliphatic rings. The minimum Gasteiger partial charge on any atom is -0.466 e. The van der Waals surface area contributed by atoms with E-state index in [1.807, 2.05) is 45.0 Å². The minimum atomic E-state index is -0.140. The van der Waals surface area contributed by atoms with Gasteiger partial charge in [-0.2, -0.15) is 0 Å². The quantitative estimate of drug-likeness (QED) is 0.931. The van der Waals surface area contributed by atoms with Crippen molar-refractivity contribution in [1.82, 2.24) is 10.2 Å². The second-order valence-electron chi connectivity index (χ2n) is 6.08. The van der Waals surface area contributed by atoms with Gasteiger partial charge < -0.3 is 24.1 Å². The van der Waals surface area contributed by atoms with Gasteiger partial charge in [-0.3, -0.25) is 0 Å². The molecule has 24 heavy (non-hydrogen) atoms. The van der Waals surface area contributed by atoms with Crippen LogP contribution in [0.5, 0.6) is 11.5 Å². The summed E-state index contributed by atoms with van der Waals surface area (Å²) in [5, 5.41) is 2.99. The maximum absolute atomic E-state index is 12.4. The average Bonchev–Trinajstić information content (AvgIpc) is 3.12. The number of urea groups is 1. The first-order valence-electron chi connectivity index (χ1n) is 7.91. The monoisotopic (exact) mass is 330 g/mol. The molecule has 6 nitrogen and oxygen atoms in total. The van der Waals surface area contributed by atoms with Gasteiger partial charge >= 0.3 is 6.03 Å². The predicted molar refractivity (Wildman–Crippen MR) is 89.2 cm³/mol. The van der Waals surface area contributed by atoms with Crippen LogP contribution in [0.15, 0.2) is 28.7 Å². The summed E-state index contributed by atoms with van der Waals surface area (Å²) in [6, 6.07) is 7.40. The summed E-state index contributed by atoms with van der Waals surface area (Å²) >= 11 is 0. The zero-order chi connectivity index (χ0) is 17.3. The van der Waals surface area contributed by atoms with Crippen molar-refractivity contribution in [1.29, 1.82) is 0 Å². The zero-order valence-corrected chi connectivity index (χ0v) is 14.4. The van der Waals surface area contributed by atoms with Crippen molar-refractivity contribution < 1.29 is 18.7 Å². The lowest BCUT2D eigenvalue weighted by Crippen LogP contribution is -2.38. The molecular weight excluding hydrogens is 308 g/mol. The molecule has 0 saturated heterocycles. The van der Waals surface area contributed by atoms with Gasteiger partial charge in [-0.15, -0.1) is 0 Å². The van der Waals surface area contributed by atoms with Crippen LogP contribution in [0.2, 0.25) is 0 Å². The summed E-state index contributed by atoms with van der Waals surface area (Å²) in [5.74, 6) is 3.14. The van der Waals surface area contributed by atoms with Gasteiger partial charge in [0.1, 0.15) is 11.5 Å². The highest BCUT2D eigenvalue weighted by atomic mass is 16.7. The number of nitrogens with zero attached hydrogens (tertiary/aromatic N) is 1. The first-order valence-corrected chi connectivity index (χ1v) is 7.91. The van der Waals surface area contributed by atoms with Crippen molar-refractivity contribution in [2.75, 3.05) is 13.8 Å². The Morgan fingerprint density at radius 2 is 2.00 bits per heavy atom. The van der Waals surface area contributed by atoms with Gasteiger partial charge in [0.2, 0.25) is 6.79 Å². The molecule has 6 heteroatoms. The van der Waals surface area contributed by atoms with Crippen LogP contribution in [0.4, 0.5) is 4.79 Å². The fourth-order valence-electron chi connectivity index (χ4n) is 2.84. The highest BCUT2D eigenvalue weighted by molar-refractivity contribution is 5.74. The second kappa shape index (κ2) is 6.47. The molecule has 0 bridgehead atoms. The van der Waals surface area contributed by atoms with E-state index >= 15 is 0 Å². The number of aryl methyl sites for hydroxylation is 2. The third kappa shape index (κ3) is 3.32. The lowest BCUT2D eigenvalue weighted by molar-refractivity contribution is 0.174. The van der Waals surface area contributed by atoms with E-state index in [1.54, 1.807) is 11.9 Å². The van der Waals surface area contributed by atoms with Gasteiger partial charge in [-0.25, -0.2) is 4.79 Å². The summed E-state index contributed by atoms with van der Waals surface area (Å²) in [7, 11) is 1.76. The number of furan rings is 1. The van der Waals surface area contributed by atoms with E-state index in [0.29, 0.717) is 6.54 Å². The minimum absolute atomic E-state index is 0.117. The Bertz CT molecular complexity index is 753. The van der Waals surface area contributed by atoms with Gasteiger partial charge in [0.25, 0.3) is 0 Å². The van der Waals surface area contributed by atoms with E-state index in [0.717, 1.165) is 34.1 Å². The molecule has 1 N–H and O–H groups in total. The largest absolute Gasteiger partial charge is 0.466 e. The van der Waals surface area contributed by atoms with Crippen molar-refractivity contribution in [3.8, 4) is 11.5 Å². The lowest BCUT2D eigenvalue weighted by Gasteiger charge is -2.21. The highest BCUT2D eigenvalue weighted by Gasteiger charge is 2.18. The first-order chi connectivity index (χ1) is 11.4. The Kier molecular flexibility index (Phi) is 4.38. The number of fused-ring (bicyclic) bond motifs is 1. The molecule has 2 aromatic rings. The fourth-order valence-corrected chi connectivity index (χ4v) is 2.84. The molecule has 1 aliphatic heterocycles. The topological polar surface area (TPSA) is 63.9 Å². The number of carbonyl (C=O) groups is 1. The van der Waals surface area contributed by atoms with Crippen LogP contribution < -0.4 is 14.8 Å². The fraction of sp³-hybridized carbons (Fsp3) is 0.389. The average molecular weight is 330 g/mol. The number of rotatable bonds is 4. The number of ether oxygens (including phenoxy) is 2. The molecule has 3 rings (SSSR count). The van der Waals surface area contributed by atoms with Crippen molar-refractivity contribution in [2.24, 2.45) is 0 Å². The van der Waals surface area contributed by atoms with Crippen molar-refractivity contribution in [3.05, 3.63) is 46.9 Å². The van der Waals surface area contributed by atoms with Gasteiger partial charge in [0, 0.05) is 19.2 Å². The number of carbonyl (C=O) groups excluding carboxylic acids is 1. The smallest absolute Gasteiger partial charge is 0.317 e. The SMILES string of the molecule is Cc1cc(C(C)NC(=O)N(C)Cc2ccc3c(c2)OCO3)c(C)o1. The van der Waals surface area contributed by atoms with Crippen LogP contribution in [0, 0.1) is 13.8 Å². The number of hydrogen-bond acceptors (Lipinski definition) is 4. The van der Waals surface area contributed by atoms with E-state index in [2.05, 4.69) is 5.32 Å². The van der Waals surface area contributed by atoms with Crippen molar-refractivity contribution in [3.63, 3.8) is 0 Å². The van der Waals surface area contributed by atoms with Crippen LogP contribution in [-0.4, -0.2) is 24.8 Å². The Labute approximate surface area is 141 Å². The molecule has 2 heterocycles. The Hall–Kier alpha value is -2.63. The van der Waals surface area contributed by atoms with Gasteiger partial charge in [-0.1, -0.05) is 6.07 Å². The molecule has 1 aromatic heterocycles.